The average Bonchev–Trinajstić information content (AvgIpc) is 3.24. The number of carbonyl (C=O) groups excluding carboxylic acids is 2. The Labute approximate surface area is 188 Å². The van der Waals surface area contributed by atoms with Gasteiger partial charge in [-0.15, -0.1) is 0 Å². The van der Waals surface area contributed by atoms with Crippen LogP contribution in [0.3, 0.4) is 0 Å². The van der Waals surface area contributed by atoms with E-state index in [0.29, 0.717) is 16.6 Å². The molecule has 0 saturated heterocycles. The van der Waals surface area contributed by atoms with Crippen molar-refractivity contribution < 1.29 is 14.3 Å². The number of carbonyl (C=O) groups is 2. The Balaban J connectivity index is 2.00. The van der Waals surface area contributed by atoms with Gasteiger partial charge in [-0.05, 0) is 12.1 Å². The van der Waals surface area contributed by atoms with Gasteiger partial charge in [0, 0.05) is 16.5 Å². The molecule has 0 radical (unpaired) electrons. The van der Waals surface area contributed by atoms with Crippen LogP contribution in [0.2, 0.25) is 0 Å². The van der Waals surface area contributed by atoms with E-state index in [0.717, 1.165) is 11.3 Å². The number of hydrogen-bond acceptors (Lipinski definition) is 4. The van der Waals surface area contributed by atoms with E-state index in [1.807, 2.05) is 66.7 Å². The van der Waals surface area contributed by atoms with Crippen LogP contribution in [-0.4, -0.2) is 33.5 Å². The van der Waals surface area contributed by atoms with Gasteiger partial charge in [-0.1, -0.05) is 94.8 Å². The Hall–Kier alpha value is -3.51. The third-order valence-electron chi connectivity index (χ3n) is 4.70. The number of alkyl halides is 1. The van der Waals surface area contributed by atoms with E-state index in [2.05, 4.69) is 21.0 Å². The normalized spacial score (nSPS) is 10.6. The molecule has 3 aromatic carbocycles. The molecule has 0 aliphatic rings. The van der Waals surface area contributed by atoms with E-state index in [1.165, 1.54) is 0 Å². The molecule has 0 saturated carbocycles. The number of benzene rings is 3. The lowest BCUT2D eigenvalue weighted by Gasteiger charge is -2.10. The maximum Gasteiger partial charge on any atom is 0.359 e. The van der Waals surface area contributed by atoms with Crippen LogP contribution < -0.4 is 0 Å². The fraction of sp³-hybridized carbons (Fsp3) is 0.0800. The number of ether oxygens (including phenoxy) is 1. The summed E-state index contributed by atoms with van der Waals surface area (Å²) in [5, 5.41) is 5.05. The summed E-state index contributed by atoms with van der Waals surface area (Å²) in [6.45, 7) is 0.177. The fourth-order valence-corrected chi connectivity index (χ4v) is 3.49. The van der Waals surface area contributed by atoms with E-state index >= 15 is 0 Å². The van der Waals surface area contributed by atoms with Crippen molar-refractivity contribution in [2.24, 2.45) is 0 Å². The standard InChI is InChI=1S/C25H19BrN2O3/c26-16-17-31-25(30)22-21(24(29)19-12-6-2-7-13-19)23(18-10-4-1-5-11-18)28(27-22)20-14-8-3-9-15-20/h1-15H,16-17H2. The smallest absolute Gasteiger partial charge is 0.359 e. The Morgan fingerprint density at radius 3 is 2.03 bits per heavy atom. The number of rotatable bonds is 7. The molecule has 0 aliphatic heterocycles. The van der Waals surface area contributed by atoms with Crippen LogP contribution in [0.25, 0.3) is 16.9 Å². The summed E-state index contributed by atoms with van der Waals surface area (Å²) in [6.07, 6.45) is 0. The van der Waals surface area contributed by atoms with Crippen molar-refractivity contribution in [3.05, 3.63) is 108 Å². The van der Waals surface area contributed by atoms with Gasteiger partial charge in [0.25, 0.3) is 0 Å². The second kappa shape index (κ2) is 9.53. The minimum atomic E-state index is -0.634. The van der Waals surface area contributed by atoms with E-state index < -0.39 is 5.97 Å². The second-order valence-corrected chi connectivity index (χ2v) is 7.50. The molecule has 4 rings (SSSR count). The highest BCUT2D eigenvalue weighted by Gasteiger charge is 2.30. The first-order chi connectivity index (χ1) is 15.2. The number of aromatic nitrogens is 2. The van der Waals surface area contributed by atoms with Crippen LogP contribution in [-0.2, 0) is 4.74 Å². The van der Waals surface area contributed by atoms with E-state index in [4.69, 9.17) is 4.74 Å². The lowest BCUT2D eigenvalue weighted by atomic mass is 9.97. The first kappa shape index (κ1) is 20.8. The first-order valence-corrected chi connectivity index (χ1v) is 10.9. The molecule has 5 nitrogen and oxygen atoms in total. The molecule has 0 unspecified atom stereocenters. The molecule has 1 heterocycles. The lowest BCUT2D eigenvalue weighted by molar-refractivity contribution is 0.0521. The molecule has 0 amide bonds. The molecule has 154 valence electrons. The molecule has 4 aromatic rings. The number of nitrogens with zero attached hydrogens (tertiary/aromatic N) is 2. The Morgan fingerprint density at radius 1 is 0.839 bits per heavy atom. The molecule has 0 atom stereocenters. The van der Waals surface area contributed by atoms with Gasteiger partial charge in [0.15, 0.2) is 11.5 Å². The zero-order valence-corrected chi connectivity index (χ0v) is 18.2. The summed E-state index contributed by atoms with van der Waals surface area (Å²) in [5.41, 5.74) is 2.76. The quantitative estimate of drug-likeness (QED) is 0.206. The summed E-state index contributed by atoms with van der Waals surface area (Å²) >= 11 is 3.26. The maximum atomic E-state index is 13.6. The Kier molecular flexibility index (Phi) is 6.38. The zero-order chi connectivity index (χ0) is 21.6. The molecule has 0 aliphatic carbocycles. The molecule has 0 fully saturated rings. The molecular weight excluding hydrogens is 456 g/mol. The summed E-state index contributed by atoms with van der Waals surface area (Å²) in [5.74, 6) is -0.919. The Morgan fingerprint density at radius 2 is 1.42 bits per heavy atom. The third-order valence-corrected chi connectivity index (χ3v) is 5.02. The van der Waals surface area contributed by atoms with Crippen molar-refractivity contribution >= 4 is 27.7 Å². The van der Waals surface area contributed by atoms with Gasteiger partial charge in [-0.3, -0.25) is 4.79 Å². The minimum absolute atomic E-state index is 0.00231. The van der Waals surface area contributed by atoms with Gasteiger partial charge in [0.1, 0.15) is 6.61 Å². The molecule has 1 aromatic heterocycles. The number of hydrogen-bond donors (Lipinski definition) is 0. The van der Waals surface area contributed by atoms with Crippen LogP contribution in [0.1, 0.15) is 26.4 Å². The van der Waals surface area contributed by atoms with E-state index in [9.17, 15) is 9.59 Å². The second-order valence-electron chi connectivity index (χ2n) is 6.71. The van der Waals surface area contributed by atoms with Gasteiger partial charge in [-0.25, -0.2) is 9.48 Å². The number of para-hydroxylation sites is 1. The van der Waals surface area contributed by atoms with Crippen LogP contribution in [0.15, 0.2) is 91.0 Å². The number of ketones is 1. The van der Waals surface area contributed by atoms with E-state index in [1.54, 1.807) is 28.9 Å². The van der Waals surface area contributed by atoms with Gasteiger partial charge in [-0.2, -0.15) is 5.10 Å². The molecule has 6 heteroatoms. The Bertz CT molecular complexity index is 1190. The largest absolute Gasteiger partial charge is 0.460 e. The monoisotopic (exact) mass is 474 g/mol. The molecule has 0 spiro atoms. The van der Waals surface area contributed by atoms with E-state index in [-0.39, 0.29) is 23.6 Å². The van der Waals surface area contributed by atoms with Crippen LogP contribution in [0, 0.1) is 0 Å². The van der Waals surface area contributed by atoms with Gasteiger partial charge in [0.05, 0.1) is 16.9 Å². The lowest BCUT2D eigenvalue weighted by Crippen LogP contribution is -2.13. The minimum Gasteiger partial charge on any atom is -0.460 e. The first-order valence-electron chi connectivity index (χ1n) is 9.77. The maximum absolute atomic E-state index is 13.6. The van der Waals surface area contributed by atoms with Crippen LogP contribution >= 0.6 is 15.9 Å². The van der Waals surface area contributed by atoms with Crippen molar-refractivity contribution in [2.45, 2.75) is 0 Å². The van der Waals surface area contributed by atoms with Gasteiger partial charge < -0.3 is 4.74 Å². The number of esters is 1. The molecule has 0 bridgehead atoms. The van der Waals surface area contributed by atoms with Gasteiger partial charge >= 0.3 is 5.97 Å². The topological polar surface area (TPSA) is 61.2 Å². The molecule has 0 N–H and O–H groups in total. The highest BCUT2D eigenvalue weighted by atomic mass is 79.9. The van der Waals surface area contributed by atoms with Crippen molar-refractivity contribution in [3.63, 3.8) is 0 Å². The number of halogens is 1. The van der Waals surface area contributed by atoms with Crippen molar-refractivity contribution in [3.8, 4) is 16.9 Å². The fourth-order valence-electron chi connectivity index (χ4n) is 3.33. The van der Waals surface area contributed by atoms with Gasteiger partial charge in [0.2, 0.25) is 0 Å². The van der Waals surface area contributed by atoms with Crippen molar-refractivity contribution in [2.75, 3.05) is 11.9 Å². The predicted molar refractivity (Wildman–Crippen MR) is 123 cm³/mol. The van der Waals surface area contributed by atoms with Crippen molar-refractivity contribution in [1.29, 1.82) is 0 Å². The van der Waals surface area contributed by atoms with Crippen LogP contribution in [0.4, 0.5) is 0 Å². The third kappa shape index (κ3) is 4.34. The average molecular weight is 475 g/mol. The summed E-state index contributed by atoms with van der Waals surface area (Å²) in [6, 6.07) is 27.8. The highest BCUT2D eigenvalue weighted by molar-refractivity contribution is 9.09. The zero-order valence-electron chi connectivity index (χ0n) is 16.6. The molecular formula is C25H19BrN2O3. The van der Waals surface area contributed by atoms with Crippen LogP contribution in [0.5, 0.6) is 0 Å². The van der Waals surface area contributed by atoms with Crippen molar-refractivity contribution in [1.82, 2.24) is 9.78 Å². The summed E-state index contributed by atoms with van der Waals surface area (Å²) < 4.78 is 6.97. The SMILES string of the molecule is O=C(OCCBr)c1nn(-c2ccccc2)c(-c2ccccc2)c1C(=O)c1ccccc1. The summed E-state index contributed by atoms with van der Waals surface area (Å²) in [7, 11) is 0. The highest BCUT2D eigenvalue weighted by Crippen LogP contribution is 2.31. The summed E-state index contributed by atoms with van der Waals surface area (Å²) in [4.78, 5) is 26.5. The molecule has 31 heavy (non-hydrogen) atoms. The predicted octanol–water partition coefficient (Wildman–Crippen LogP) is 5.32.